The molecule has 1 aromatic carbocycles. The van der Waals surface area contributed by atoms with E-state index in [1.54, 1.807) is 0 Å². The van der Waals surface area contributed by atoms with Crippen LogP contribution < -0.4 is 4.90 Å². The lowest BCUT2D eigenvalue weighted by atomic mass is 10.2. The van der Waals surface area contributed by atoms with Gasteiger partial charge in [0.15, 0.2) is 5.69 Å². The van der Waals surface area contributed by atoms with E-state index in [9.17, 15) is 4.79 Å². The summed E-state index contributed by atoms with van der Waals surface area (Å²) in [5.74, 6) is -0.0106. The van der Waals surface area contributed by atoms with Crippen LogP contribution in [0.1, 0.15) is 35.1 Å². The second kappa shape index (κ2) is 4.88. The Bertz CT molecular complexity index is 603. The summed E-state index contributed by atoms with van der Waals surface area (Å²) in [6.07, 6.45) is 2.90. The summed E-state index contributed by atoms with van der Waals surface area (Å²) in [6.45, 7) is 2.85. The zero-order chi connectivity index (χ0) is 13.2. The molecule has 0 unspecified atom stereocenters. The van der Waals surface area contributed by atoms with Gasteiger partial charge in [-0.15, -0.1) is 0 Å². The van der Waals surface area contributed by atoms with E-state index in [4.69, 9.17) is 0 Å². The number of nitrogens with one attached hydrogen (secondary N) is 1. The zero-order valence-electron chi connectivity index (χ0n) is 11.0. The third-order valence-electron chi connectivity index (χ3n) is 3.50. The number of H-pyrrole nitrogens is 1. The van der Waals surface area contributed by atoms with Gasteiger partial charge in [0, 0.05) is 17.9 Å². The van der Waals surface area contributed by atoms with Gasteiger partial charge in [-0.25, -0.2) is 0 Å². The molecule has 2 heterocycles. The first-order chi connectivity index (χ1) is 9.29. The zero-order valence-corrected chi connectivity index (χ0v) is 11.0. The molecule has 98 valence electrons. The van der Waals surface area contributed by atoms with Gasteiger partial charge in [0.2, 0.25) is 0 Å². The standard InChI is InChI=1S/C15H17N3O/c1-2-5-12-10-13(17-16-12)15(19)18-9-8-11-6-3-4-7-14(11)18/h3-4,6-7,10H,2,5,8-9H2,1H3,(H,16,17). The molecule has 1 amide bonds. The lowest BCUT2D eigenvalue weighted by Gasteiger charge is -2.15. The highest BCUT2D eigenvalue weighted by atomic mass is 16.2. The first kappa shape index (κ1) is 12.0. The van der Waals surface area contributed by atoms with E-state index < -0.39 is 0 Å². The number of amides is 1. The van der Waals surface area contributed by atoms with Crippen molar-refractivity contribution in [2.75, 3.05) is 11.4 Å². The highest BCUT2D eigenvalue weighted by Crippen LogP contribution is 2.28. The molecule has 0 bridgehead atoms. The van der Waals surface area contributed by atoms with E-state index in [2.05, 4.69) is 23.2 Å². The average molecular weight is 255 g/mol. The molecule has 0 saturated carbocycles. The van der Waals surface area contributed by atoms with Crippen molar-refractivity contribution in [2.24, 2.45) is 0 Å². The van der Waals surface area contributed by atoms with E-state index in [-0.39, 0.29) is 5.91 Å². The van der Waals surface area contributed by atoms with Gasteiger partial charge in [0.1, 0.15) is 0 Å². The highest BCUT2D eigenvalue weighted by molar-refractivity contribution is 6.06. The maximum atomic E-state index is 12.5. The molecule has 4 heteroatoms. The van der Waals surface area contributed by atoms with E-state index in [1.165, 1.54) is 5.56 Å². The molecule has 4 nitrogen and oxygen atoms in total. The van der Waals surface area contributed by atoms with Gasteiger partial charge in [-0.05, 0) is 30.5 Å². The minimum atomic E-state index is -0.0106. The summed E-state index contributed by atoms with van der Waals surface area (Å²) < 4.78 is 0. The number of hydrogen-bond donors (Lipinski definition) is 1. The van der Waals surface area contributed by atoms with Crippen molar-refractivity contribution in [3.8, 4) is 0 Å². The topological polar surface area (TPSA) is 49.0 Å². The van der Waals surface area contributed by atoms with Gasteiger partial charge in [-0.3, -0.25) is 9.89 Å². The van der Waals surface area contributed by atoms with Gasteiger partial charge < -0.3 is 4.90 Å². The molecule has 1 aliphatic rings. The smallest absolute Gasteiger partial charge is 0.278 e. The SMILES string of the molecule is CCCc1cc(C(=O)N2CCc3ccccc32)n[nH]1. The van der Waals surface area contributed by atoms with Crippen molar-refractivity contribution in [1.29, 1.82) is 0 Å². The normalized spacial score (nSPS) is 13.6. The second-order valence-corrected chi connectivity index (χ2v) is 4.86. The van der Waals surface area contributed by atoms with Crippen molar-refractivity contribution in [2.45, 2.75) is 26.2 Å². The fourth-order valence-corrected chi connectivity index (χ4v) is 2.56. The lowest BCUT2D eigenvalue weighted by Crippen LogP contribution is -2.29. The Kier molecular flexibility index (Phi) is 3.07. The number of anilines is 1. The van der Waals surface area contributed by atoms with Crippen LogP contribution in [0, 0.1) is 0 Å². The van der Waals surface area contributed by atoms with Crippen LogP contribution in [0.5, 0.6) is 0 Å². The summed E-state index contributed by atoms with van der Waals surface area (Å²) in [5, 5.41) is 7.07. The molecule has 1 aliphatic heterocycles. The molecule has 3 rings (SSSR count). The van der Waals surface area contributed by atoms with Crippen LogP contribution in [0.4, 0.5) is 5.69 Å². The summed E-state index contributed by atoms with van der Waals surface area (Å²) in [7, 11) is 0. The van der Waals surface area contributed by atoms with Gasteiger partial charge >= 0.3 is 0 Å². The number of carbonyl (C=O) groups excluding carboxylic acids is 1. The fraction of sp³-hybridized carbons (Fsp3) is 0.333. The Morgan fingerprint density at radius 2 is 2.26 bits per heavy atom. The number of hydrogen-bond acceptors (Lipinski definition) is 2. The number of carbonyl (C=O) groups is 1. The number of aromatic amines is 1. The molecular weight excluding hydrogens is 238 g/mol. The predicted molar refractivity (Wildman–Crippen MR) is 74.4 cm³/mol. The molecular formula is C15H17N3O. The maximum absolute atomic E-state index is 12.5. The summed E-state index contributed by atoms with van der Waals surface area (Å²) in [5.41, 5.74) is 3.80. The van der Waals surface area contributed by atoms with Gasteiger partial charge in [0.25, 0.3) is 5.91 Å². The fourth-order valence-electron chi connectivity index (χ4n) is 2.56. The summed E-state index contributed by atoms with van der Waals surface area (Å²) in [6, 6.07) is 9.93. The van der Waals surface area contributed by atoms with Crippen LogP contribution in [0.2, 0.25) is 0 Å². The number of aryl methyl sites for hydroxylation is 1. The van der Waals surface area contributed by atoms with Gasteiger partial charge in [-0.2, -0.15) is 5.10 Å². The van der Waals surface area contributed by atoms with Crippen molar-refractivity contribution >= 4 is 11.6 Å². The largest absolute Gasteiger partial charge is 0.306 e. The molecule has 0 radical (unpaired) electrons. The number of benzene rings is 1. The average Bonchev–Trinajstić information content (AvgIpc) is 3.05. The molecule has 19 heavy (non-hydrogen) atoms. The molecule has 0 spiro atoms. The molecule has 0 fully saturated rings. The lowest BCUT2D eigenvalue weighted by molar-refractivity contribution is 0.0984. The minimum absolute atomic E-state index is 0.0106. The van der Waals surface area contributed by atoms with Gasteiger partial charge in [0.05, 0.1) is 0 Å². The Balaban J connectivity index is 1.85. The van der Waals surface area contributed by atoms with Crippen LogP contribution >= 0.6 is 0 Å². The number of fused-ring (bicyclic) bond motifs is 1. The monoisotopic (exact) mass is 255 g/mol. The number of nitrogens with zero attached hydrogens (tertiary/aromatic N) is 2. The van der Waals surface area contributed by atoms with Crippen LogP contribution in [0.3, 0.4) is 0 Å². The van der Waals surface area contributed by atoms with E-state index >= 15 is 0 Å². The molecule has 0 saturated heterocycles. The number of rotatable bonds is 3. The van der Waals surface area contributed by atoms with Crippen molar-refractivity contribution in [3.05, 3.63) is 47.3 Å². The maximum Gasteiger partial charge on any atom is 0.278 e. The molecule has 1 N–H and O–H groups in total. The third kappa shape index (κ3) is 2.14. The first-order valence-electron chi connectivity index (χ1n) is 6.73. The Morgan fingerprint density at radius 3 is 3.11 bits per heavy atom. The van der Waals surface area contributed by atoms with Gasteiger partial charge in [-0.1, -0.05) is 31.5 Å². The van der Waals surface area contributed by atoms with Crippen LogP contribution in [0.15, 0.2) is 30.3 Å². The highest BCUT2D eigenvalue weighted by Gasteiger charge is 2.26. The molecule has 2 aromatic rings. The Hall–Kier alpha value is -2.10. The molecule has 0 aliphatic carbocycles. The van der Waals surface area contributed by atoms with Crippen LogP contribution in [0.25, 0.3) is 0 Å². The molecule has 0 atom stereocenters. The van der Waals surface area contributed by atoms with Crippen molar-refractivity contribution < 1.29 is 4.79 Å². The summed E-state index contributed by atoms with van der Waals surface area (Å²) in [4.78, 5) is 14.3. The Labute approximate surface area is 112 Å². The molecule has 1 aromatic heterocycles. The number of aromatic nitrogens is 2. The van der Waals surface area contributed by atoms with Crippen LogP contribution in [-0.2, 0) is 12.8 Å². The second-order valence-electron chi connectivity index (χ2n) is 4.86. The number of para-hydroxylation sites is 1. The van der Waals surface area contributed by atoms with E-state index in [0.29, 0.717) is 5.69 Å². The summed E-state index contributed by atoms with van der Waals surface area (Å²) >= 11 is 0. The Morgan fingerprint density at radius 1 is 1.42 bits per heavy atom. The third-order valence-corrected chi connectivity index (χ3v) is 3.50. The van der Waals surface area contributed by atoms with Crippen molar-refractivity contribution in [1.82, 2.24) is 10.2 Å². The minimum Gasteiger partial charge on any atom is -0.306 e. The quantitative estimate of drug-likeness (QED) is 0.916. The predicted octanol–water partition coefficient (Wildman–Crippen LogP) is 2.57. The first-order valence-corrected chi connectivity index (χ1v) is 6.73. The van der Waals surface area contributed by atoms with E-state index in [0.717, 1.165) is 37.2 Å². The van der Waals surface area contributed by atoms with Crippen molar-refractivity contribution in [3.63, 3.8) is 0 Å². The van der Waals surface area contributed by atoms with Crippen LogP contribution in [-0.4, -0.2) is 22.6 Å². The van der Waals surface area contributed by atoms with E-state index in [1.807, 2.05) is 29.2 Å².